The molecule has 3 aliphatic carbocycles. The summed E-state index contributed by atoms with van der Waals surface area (Å²) in [4.78, 5) is 51.7. The maximum absolute atomic E-state index is 12.7. The summed E-state index contributed by atoms with van der Waals surface area (Å²) in [5.41, 5.74) is 12.3. The first-order valence-corrected chi connectivity index (χ1v) is 44.9. The van der Waals surface area contributed by atoms with Gasteiger partial charge in [-0.2, -0.15) is 11.8 Å². The summed E-state index contributed by atoms with van der Waals surface area (Å²) >= 11 is 2.08. The van der Waals surface area contributed by atoms with Gasteiger partial charge in [0.1, 0.15) is 18.1 Å². The van der Waals surface area contributed by atoms with Gasteiger partial charge in [-0.05, 0) is 211 Å². The molecule has 118 heavy (non-hydrogen) atoms. The molecule has 5 aromatic carbocycles. The Morgan fingerprint density at radius 1 is 0.653 bits per heavy atom. The zero-order valence-corrected chi connectivity index (χ0v) is 77.0. The standard InChI is InChI=1S/C31H35NO4.C11H16BNO2.C11H15BO2.C11H20O.C11H20.C10H16B2O3.C10H18N2S.C2H6/c1-7-9-20-15-27-24(12-18(20)5)29(25-13-19(6)26(32-8-2)16-28(25)36-27)22-11-10-21(30(33)17(3)4)14-23(22)31(34)35;1-8(2)13-11(14)9-4-6-10(7-5-9)12(3)15;1-8(2)11(13)9-4-6-10(7-5-9)12(3)14;1-10(2)12-11-8-6-4-3-5-7-9-11;1-10(2)11-8-6-4-3-5-7-9-11;1-7(2)8-4-9(11(3)13)6-10(5-8)12(14)15;1-6-11-7-5-13-9(8(7)12-6)10(2,3)4;1-2/h10-17,25,29H,7-9H2,1-6H3,(H,34,35);4-8,15H,1-3H3,(H,13,14);4-8,14H,1-3H3;3-4,10-11H,5-9H2,1-2H3;3-4,10-11H,5-9H2,1-2H3;4-7,13-15H,1-3H3;7-9,11-12H,1,5H2,2-4H3;1-2H3/p+1/b;;;2*4-3+;;;. The SMILES string of the molecule is C=C1NC2CSC(C(C)(C)C)C2N1.CB(O)c1cc(B(O)O)cc(C(C)C)c1.CB(O)c1ccc(C(=O)C(C)C)cc1.CB(O)c1ccc(C(=O)NC(C)C)cc1.CC.CC(C)C1CC/C=C/CCC1.CC(C)OC1CC/C=C/CCC1.CCCc1cc2c(cc1C)C(c1ccc(C(=O)C(C)C)cc1C(=O)O)C1C=C(C)C(=[NH+]CC)C=C1O2. The topological polar surface area (TPSA) is 258 Å². The molecule has 7 unspecified atom stereocenters. The van der Waals surface area contributed by atoms with E-state index >= 15 is 0 Å². The number of rotatable bonds is 19. The minimum absolute atomic E-state index is 0.0207. The summed E-state index contributed by atoms with van der Waals surface area (Å²) in [6.45, 7) is 51.8. The van der Waals surface area contributed by atoms with Crippen LogP contribution in [0.2, 0.25) is 20.5 Å². The summed E-state index contributed by atoms with van der Waals surface area (Å²) < 4.78 is 12.3. The van der Waals surface area contributed by atoms with Crippen molar-refractivity contribution in [3.63, 3.8) is 0 Å². The highest BCUT2D eigenvalue weighted by atomic mass is 32.2. The minimum atomic E-state index is -1.49. The van der Waals surface area contributed by atoms with Gasteiger partial charge in [-0.15, -0.1) is 0 Å². The number of fused-ring (bicyclic) bond motifs is 3. The number of ketones is 2. The Balaban J connectivity index is 0.000000305. The highest BCUT2D eigenvalue weighted by Gasteiger charge is 2.46. The third-order valence-corrected chi connectivity index (χ3v) is 23.5. The number of hydrogen-bond acceptors (Lipinski definition) is 14. The maximum Gasteiger partial charge on any atom is 0.488 e. The van der Waals surface area contributed by atoms with Crippen molar-refractivity contribution >= 4 is 90.6 Å². The van der Waals surface area contributed by atoms with Crippen LogP contribution in [0.1, 0.15) is 290 Å². The molecule has 0 saturated carbocycles. The van der Waals surface area contributed by atoms with Crippen molar-refractivity contribution in [3.8, 4) is 5.75 Å². The van der Waals surface area contributed by atoms with Crippen molar-refractivity contribution in [2.45, 2.75) is 290 Å². The monoisotopic (exact) mass is 1640 g/mol. The molecule has 2 saturated heterocycles. The van der Waals surface area contributed by atoms with Crippen LogP contribution in [0.3, 0.4) is 0 Å². The van der Waals surface area contributed by atoms with E-state index < -0.39 is 33.8 Å². The van der Waals surface area contributed by atoms with Gasteiger partial charge in [0.2, 0.25) is 5.71 Å². The fourth-order valence-corrected chi connectivity index (χ4v) is 16.6. The lowest BCUT2D eigenvalue weighted by atomic mass is 9.61. The zero-order chi connectivity index (χ0) is 88.4. The van der Waals surface area contributed by atoms with Crippen LogP contribution < -0.4 is 47.5 Å². The molecule has 0 bridgehead atoms. The molecule has 3 aliphatic heterocycles. The quantitative estimate of drug-likeness (QED) is 0.0209. The van der Waals surface area contributed by atoms with Crippen LogP contribution in [0.5, 0.6) is 5.75 Å². The Morgan fingerprint density at radius 2 is 1.19 bits per heavy atom. The third-order valence-electron chi connectivity index (χ3n) is 21.6. The summed E-state index contributed by atoms with van der Waals surface area (Å²) in [5.74, 6) is 4.34. The van der Waals surface area contributed by atoms with Gasteiger partial charge in [-0.25, -0.2) is 9.79 Å². The summed E-state index contributed by atoms with van der Waals surface area (Å²) in [6, 6.07) is 30.1. The van der Waals surface area contributed by atoms with Gasteiger partial charge in [0.25, 0.3) is 5.91 Å². The number of aryl methyl sites for hydroxylation is 2. The number of hydrogen-bond donors (Lipinski definition) is 10. The molecule has 5 aromatic rings. The number of ether oxygens (including phenoxy) is 2. The second kappa shape index (κ2) is 51.3. The number of benzene rings is 5. The van der Waals surface area contributed by atoms with Crippen molar-refractivity contribution in [3.05, 3.63) is 207 Å². The van der Waals surface area contributed by atoms with Crippen LogP contribution in [0.25, 0.3) is 0 Å². The number of carboxylic acid groups (broad SMARTS) is 1. The first-order chi connectivity index (χ1) is 55.7. The van der Waals surface area contributed by atoms with E-state index in [1.807, 2.05) is 81.4 Å². The Labute approximate surface area is 716 Å². The number of amides is 1. The third kappa shape index (κ3) is 33.2. The molecule has 644 valence electrons. The van der Waals surface area contributed by atoms with Gasteiger partial charge in [0, 0.05) is 74.6 Å². The van der Waals surface area contributed by atoms with E-state index in [0.717, 1.165) is 81.9 Å². The van der Waals surface area contributed by atoms with E-state index in [1.54, 1.807) is 93.3 Å². The average Bonchev–Trinajstić information content (AvgIpc) is 0.958. The molecule has 2 fully saturated rings. The molecule has 1 amide bonds. The van der Waals surface area contributed by atoms with Gasteiger partial charge < -0.3 is 55.7 Å². The molecule has 0 aromatic heterocycles. The number of Topliss-reactive ketones (excluding diaryl/α,β-unsaturated/α-hetero) is 2. The second-order valence-corrected chi connectivity index (χ2v) is 36.0. The highest BCUT2D eigenvalue weighted by Crippen LogP contribution is 2.50. The van der Waals surface area contributed by atoms with Crippen LogP contribution in [0, 0.1) is 41.9 Å². The predicted octanol–water partition coefficient (Wildman–Crippen LogP) is 16.0. The molecule has 0 spiro atoms. The number of carbonyl (C=O) groups excluding carboxylic acids is 3. The average molecular weight is 1640 g/mol. The van der Waals surface area contributed by atoms with E-state index in [2.05, 4.69) is 164 Å². The van der Waals surface area contributed by atoms with Gasteiger partial charge in [0.05, 0.1) is 35.7 Å². The molecule has 6 aliphatic rings. The van der Waals surface area contributed by atoms with E-state index in [9.17, 15) is 39.4 Å². The van der Waals surface area contributed by atoms with Gasteiger partial charge >= 0.3 is 33.8 Å². The van der Waals surface area contributed by atoms with Crippen molar-refractivity contribution < 1.29 is 63.9 Å². The number of aromatic carboxylic acids is 1. The Hall–Kier alpha value is -7.48. The largest absolute Gasteiger partial charge is 0.488 e. The zero-order valence-electron chi connectivity index (χ0n) is 76.2. The number of carboxylic acids is 1. The summed E-state index contributed by atoms with van der Waals surface area (Å²) in [7, 11) is -1.49. The predicted molar refractivity (Wildman–Crippen MR) is 500 cm³/mol. The Morgan fingerprint density at radius 3 is 1.70 bits per heavy atom. The van der Waals surface area contributed by atoms with Crippen LogP contribution in [-0.2, 0) is 11.2 Å². The second-order valence-electron chi connectivity index (χ2n) is 34.8. The Kier molecular flexibility index (Phi) is 44.7. The summed E-state index contributed by atoms with van der Waals surface area (Å²) in [5, 5.41) is 66.8. The van der Waals surface area contributed by atoms with Crippen molar-refractivity contribution in [2.24, 2.45) is 35.0 Å². The molecular formula is C97H147B4N4O12S+. The molecule has 16 nitrogen and oxygen atoms in total. The van der Waals surface area contributed by atoms with Gasteiger partial charge in [-0.1, -0.05) is 234 Å². The fraction of sp³-hybridized carbons (Fsp3) is 0.536. The number of nitrogens with one attached hydrogen (secondary N) is 4. The first kappa shape index (κ1) is 103. The molecule has 11 rings (SSSR count). The van der Waals surface area contributed by atoms with E-state index in [1.165, 1.54) is 81.1 Å². The molecule has 7 atom stereocenters. The smallest absolute Gasteiger partial charge is 0.478 e. The van der Waals surface area contributed by atoms with Crippen LogP contribution in [0.15, 0.2) is 157 Å². The molecule has 10 N–H and O–H groups in total. The van der Waals surface area contributed by atoms with Gasteiger partial charge in [0.15, 0.2) is 11.6 Å². The molecular weight excluding hydrogens is 1490 g/mol. The van der Waals surface area contributed by atoms with E-state index in [0.29, 0.717) is 74.1 Å². The molecule has 0 radical (unpaired) electrons. The fourth-order valence-electron chi connectivity index (χ4n) is 15.0. The number of allylic oxidation sites excluding steroid dienone is 7. The van der Waals surface area contributed by atoms with E-state index in [-0.39, 0.29) is 52.8 Å². The number of thioether (sulfide) groups is 1. The lowest BCUT2D eigenvalue weighted by molar-refractivity contribution is -0.451. The lowest BCUT2D eigenvalue weighted by Gasteiger charge is -2.37. The van der Waals surface area contributed by atoms with Crippen molar-refractivity contribution in [2.75, 3.05) is 12.3 Å². The Bertz CT molecular complexity index is 4060. The summed E-state index contributed by atoms with van der Waals surface area (Å²) in [6.07, 6.45) is 29.4. The molecule has 21 heteroatoms. The molecule has 3 heterocycles. The number of carbonyl (C=O) groups is 4. The highest BCUT2D eigenvalue weighted by molar-refractivity contribution is 8.00. The maximum atomic E-state index is 12.7. The van der Waals surface area contributed by atoms with E-state index in [4.69, 9.17) is 19.5 Å². The van der Waals surface area contributed by atoms with Gasteiger partial charge in [-0.3, -0.25) is 14.4 Å². The van der Waals surface area contributed by atoms with Crippen LogP contribution in [-0.4, -0.2) is 135 Å². The van der Waals surface area contributed by atoms with Crippen LogP contribution >= 0.6 is 11.8 Å². The minimum Gasteiger partial charge on any atom is -0.478 e. The lowest BCUT2D eigenvalue weighted by Crippen LogP contribution is -2.72. The normalized spacial score (nSPS) is 19.8. The first-order valence-electron chi connectivity index (χ1n) is 43.8. The van der Waals surface area contributed by atoms with Crippen molar-refractivity contribution in [1.82, 2.24) is 16.0 Å². The van der Waals surface area contributed by atoms with Crippen LogP contribution in [0.4, 0.5) is 0 Å². The van der Waals surface area contributed by atoms with Crippen molar-refractivity contribution in [1.29, 1.82) is 0 Å².